The predicted molar refractivity (Wildman–Crippen MR) is 100 cm³/mol. The number of tetrazole rings is 1. The van der Waals surface area contributed by atoms with E-state index in [2.05, 4.69) is 48.4 Å². The second-order valence-electron chi connectivity index (χ2n) is 8.16. The molecule has 1 fully saturated rings. The van der Waals surface area contributed by atoms with Gasteiger partial charge in [0.25, 0.3) is 0 Å². The van der Waals surface area contributed by atoms with Gasteiger partial charge in [-0.1, -0.05) is 0 Å². The second-order valence-corrected chi connectivity index (χ2v) is 8.16. The minimum absolute atomic E-state index is 0.0149. The summed E-state index contributed by atoms with van der Waals surface area (Å²) in [5.74, 6) is 1.41. The third-order valence-electron chi connectivity index (χ3n) is 5.27. The lowest BCUT2D eigenvalue weighted by atomic mass is 9.93. The predicted octanol–water partition coefficient (Wildman–Crippen LogP) is 0.306. The second kappa shape index (κ2) is 7.64. The molecule has 146 valence electrons. The molecule has 27 heavy (non-hydrogen) atoms. The van der Waals surface area contributed by atoms with Crippen LogP contribution in [0.5, 0.6) is 5.75 Å². The van der Waals surface area contributed by atoms with E-state index in [9.17, 15) is 4.79 Å². The SMILES string of the molecule is COc1ccc([C@@H](c2nnnn2C(C)(C)C)[NH+]2CCC(C(N)=O)CC2)cc1. The molecule has 1 aromatic heterocycles. The third kappa shape index (κ3) is 4.10. The smallest absolute Gasteiger partial charge is 0.220 e. The van der Waals surface area contributed by atoms with Crippen LogP contribution >= 0.6 is 0 Å². The fourth-order valence-electron chi connectivity index (χ4n) is 3.78. The van der Waals surface area contributed by atoms with E-state index in [1.807, 2.05) is 16.8 Å². The summed E-state index contributed by atoms with van der Waals surface area (Å²) >= 11 is 0. The summed E-state index contributed by atoms with van der Waals surface area (Å²) in [6.07, 6.45) is 1.57. The average Bonchev–Trinajstić information content (AvgIpc) is 3.13. The monoisotopic (exact) mass is 373 g/mol. The van der Waals surface area contributed by atoms with Crippen LogP contribution in [0.2, 0.25) is 0 Å². The molecule has 1 aliphatic heterocycles. The van der Waals surface area contributed by atoms with E-state index in [4.69, 9.17) is 10.5 Å². The number of nitrogens with one attached hydrogen (secondary N) is 1. The molecule has 8 heteroatoms. The van der Waals surface area contributed by atoms with Gasteiger partial charge in [-0.15, -0.1) is 5.10 Å². The van der Waals surface area contributed by atoms with Gasteiger partial charge in [-0.05, 0) is 55.5 Å². The van der Waals surface area contributed by atoms with Gasteiger partial charge in [0.05, 0.1) is 25.7 Å². The van der Waals surface area contributed by atoms with Crippen molar-refractivity contribution >= 4 is 5.91 Å². The number of quaternary nitrogens is 1. The Hall–Kier alpha value is -2.48. The van der Waals surface area contributed by atoms with Gasteiger partial charge >= 0.3 is 0 Å². The Balaban J connectivity index is 1.97. The Morgan fingerprint density at radius 3 is 2.41 bits per heavy atom. The number of piperidine rings is 1. The molecule has 1 atom stereocenters. The van der Waals surface area contributed by atoms with Crippen LogP contribution < -0.4 is 15.4 Å². The molecular weight excluding hydrogens is 344 g/mol. The van der Waals surface area contributed by atoms with Crippen molar-refractivity contribution in [2.24, 2.45) is 11.7 Å². The molecule has 1 saturated heterocycles. The first-order chi connectivity index (χ1) is 12.8. The summed E-state index contributed by atoms with van der Waals surface area (Å²) in [5.41, 5.74) is 6.41. The van der Waals surface area contributed by atoms with Gasteiger partial charge in [0.15, 0.2) is 6.04 Å². The first-order valence-electron chi connectivity index (χ1n) is 9.38. The summed E-state index contributed by atoms with van der Waals surface area (Å²) in [6.45, 7) is 7.97. The largest absolute Gasteiger partial charge is 0.497 e. The quantitative estimate of drug-likeness (QED) is 0.785. The van der Waals surface area contributed by atoms with Crippen LogP contribution in [-0.4, -0.2) is 46.3 Å². The summed E-state index contributed by atoms with van der Waals surface area (Å²) in [6, 6.07) is 8.04. The molecule has 8 nitrogen and oxygen atoms in total. The number of hydrogen-bond donors (Lipinski definition) is 2. The van der Waals surface area contributed by atoms with Crippen molar-refractivity contribution in [3.63, 3.8) is 0 Å². The van der Waals surface area contributed by atoms with Crippen molar-refractivity contribution < 1.29 is 14.4 Å². The number of methoxy groups -OCH3 is 1. The van der Waals surface area contributed by atoms with Crippen molar-refractivity contribution in [2.75, 3.05) is 20.2 Å². The van der Waals surface area contributed by atoms with E-state index in [0.29, 0.717) is 0 Å². The molecular formula is C19H29N6O2+. The van der Waals surface area contributed by atoms with Gasteiger partial charge in [-0.3, -0.25) is 4.79 Å². The number of carbonyl (C=O) groups is 1. The lowest BCUT2D eigenvalue weighted by Gasteiger charge is -2.34. The minimum Gasteiger partial charge on any atom is -0.497 e. The van der Waals surface area contributed by atoms with E-state index in [1.54, 1.807) is 7.11 Å². The van der Waals surface area contributed by atoms with Crippen LogP contribution in [0.3, 0.4) is 0 Å². The maximum atomic E-state index is 11.5. The molecule has 0 saturated carbocycles. The molecule has 3 N–H and O–H groups in total. The maximum Gasteiger partial charge on any atom is 0.220 e. The number of rotatable bonds is 5. The van der Waals surface area contributed by atoms with Gasteiger partial charge < -0.3 is 15.4 Å². The standard InChI is InChI=1S/C19H28N6O2/c1-19(2,3)25-18(21-22-23-25)16(13-5-7-15(27-4)8-6-13)24-11-9-14(10-12-24)17(20)26/h5-8,14,16H,9-12H2,1-4H3,(H2,20,26)/p+1/t16-/m0/s1. The van der Waals surface area contributed by atoms with Crippen molar-refractivity contribution in [1.29, 1.82) is 0 Å². The molecule has 1 amide bonds. The zero-order valence-corrected chi connectivity index (χ0v) is 16.5. The number of ether oxygens (including phenoxy) is 1. The molecule has 0 aliphatic carbocycles. The van der Waals surface area contributed by atoms with Crippen molar-refractivity contribution in [1.82, 2.24) is 20.2 Å². The van der Waals surface area contributed by atoms with Crippen LogP contribution in [0, 0.1) is 5.92 Å². The number of benzene rings is 1. The van der Waals surface area contributed by atoms with Crippen LogP contribution in [0.1, 0.15) is 51.0 Å². The van der Waals surface area contributed by atoms with E-state index >= 15 is 0 Å². The topological polar surface area (TPSA) is 100 Å². The van der Waals surface area contributed by atoms with Gasteiger partial charge in [-0.25, -0.2) is 4.68 Å². The summed E-state index contributed by atoms with van der Waals surface area (Å²) < 4.78 is 7.20. The highest BCUT2D eigenvalue weighted by atomic mass is 16.5. The number of carbonyl (C=O) groups excluding carboxylic acids is 1. The fourth-order valence-corrected chi connectivity index (χ4v) is 3.78. The molecule has 3 rings (SSSR count). The minimum atomic E-state index is -0.228. The third-order valence-corrected chi connectivity index (χ3v) is 5.27. The molecule has 2 aromatic rings. The normalized spacial score (nSPS) is 21.6. The molecule has 0 bridgehead atoms. The Labute approximate surface area is 159 Å². The maximum absolute atomic E-state index is 11.5. The first-order valence-corrected chi connectivity index (χ1v) is 9.38. The lowest BCUT2D eigenvalue weighted by molar-refractivity contribution is -0.931. The summed E-state index contributed by atoms with van der Waals surface area (Å²) in [5, 5.41) is 12.6. The van der Waals surface area contributed by atoms with Crippen LogP contribution in [0.25, 0.3) is 0 Å². The van der Waals surface area contributed by atoms with Crippen LogP contribution in [-0.2, 0) is 10.3 Å². The highest BCUT2D eigenvalue weighted by Gasteiger charge is 2.37. The Morgan fingerprint density at radius 1 is 1.26 bits per heavy atom. The van der Waals surface area contributed by atoms with Crippen LogP contribution in [0.15, 0.2) is 24.3 Å². The Bertz CT molecular complexity index is 772. The van der Waals surface area contributed by atoms with Crippen molar-refractivity contribution in [3.8, 4) is 5.75 Å². The van der Waals surface area contributed by atoms with Crippen molar-refractivity contribution in [2.45, 2.75) is 45.2 Å². The Kier molecular flexibility index (Phi) is 5.46. The average molecular weight is 373 g/mol. The lowest BCUT2D eigenvalue weighted by Crippen LogP contribution is -3.13. The number of aromatic nitrogens is 4. The number of likely N-dealkylation sites (tertiary alicyclic amines) is 1. The molecule has 0 spiro atoms. The van der Waals surface area contributed by atoms with Gasteiger partial charge in [-0.2, -0.15) is 0 Å². The van der Waals surface area contributed by atoms with Crippen molar-refractivity contribution in [3.05, 3.63) is 35.7 Å². The van der Waals surface area contributed by atoms with E-state index in [0.717, 1.165) is 43.1 Å². The fraction of sp³-hybridized carbons (Fsp3) is 0.579. The molecule has 0 radical (unpaired) electrons. The number of nitrogens with two attached hydrogens (primary N) is 1. The van der Waals surface area contributed by atoms with E-state index < -0.39 is 0 Å². The zero-order valence-electron chi connectivity index (χ0n) is 16.5. The Morgan fingerprint density at radius 2 is 1.89 bits per heavy atom. The number of amides is 1. The number of hydrogen-bond acceptors (Lipinski definition) is 5. The van der Waals surface area contributed by atoms with Crippen LogP contribution in [0.4, 0.5) is 0 Å². The first kappa shape index (κ1) is 19.3. The highest BCUT2D eigenvalue weighted by molar-refractivity contribution is 5.76. The molecule has 0 unspecified atom stereocenters. The zero-order chi connectivity index (χ0) is 19.6. The number of primary amides is 1. The van der Waals surface area contributed by atoms with Gasteiger partial charge in [0.2, 0.25) is 11.7 Å². The molecule has 1 aromatic carbocycles. The molecule has 2 heterocycles. The van der Waals surface area contributed by atoms with Gasteiger partial charge in [0.1, 0.15) is 5.75 Å². The number of nitrogens with zero attached hydrogens (tertiary/aromatic N) is 4. The molecule has 1 aliphatic rings. The summed E-state index contributed by atoms with van der Waals surface area (Å²) in [7, 11) is 1.66. The van der Waals surface area contributed by atoms with E-state index in [-0.39, 0.29) is 23.4 Å². The van der Waals surface area contributed by atoms with Gasteiger partial charge in [0, 0.05) is 24.3 Å². The van der Waals surface area contributed by atoms with E-state index in [1.165, 1.54) is 4.90 Å². The summed E-state index contributed by atoms with van der Waals surface area (Å²) in [4.78, 5) is 12.9. The highest BCUT2D eigenvalue weighted by Crippen LogP contribution is 2.25.